The zero-order chi connectivity index (χ0) is 20.7. The Labute approximate surface area is 165 Å². The minimum absolute atomic E-state index is 0.110. The number of ether oxygens (including phenoxy) is 1. The van der Waals surface area contributed by atoms with Crippen LogP contribution in [0.3, 0.4) is 0 Å². The number of piperidine rings is 1. The van der Waals surface area contributed by atoms with Crippen LogP contribution in [0.15, 0.2) is 18.2 Å². The predicted molar refractivity (Wildman–Crippen MR) is 104 cm³/mol. The zero-order valence-corrected chi connectivity index (χ0v) is 16.9. The van der Waals surface area contributed by atoms with Crippen molar-refractivity contribution in [2.45, 2.75) is 70.7 Å². The van der Waals surface area contributed by atoms with Crippen LogP contribution in [0.5, 0.6) is 0 Å². The summed E-state index contributed by atoms with van der Waals surface area (Å²) in [4.78, 5) is 11.6. The lowest BCUT2D eigenvalue weighted by Crippen LogP contribution is -2.56. The molecule has 0 spiro atoms. The molecule has 7 heteroatoms. The van der Waals surface area contributed by atoms with Crippen molar-refractivity contribution in [1.29, 1.82) is 0 Å². The SMILES string of the molecule is CC(=O)N[C@@H](Cc1cc(F)cc(F)c1)[C@H](O)[C@H]1CC[C@@H](OCCC(C)C)CN1. The minimum Gasteiger partial charge on any atom is -0.389 e. The number of hydrogen-bond acceptors (Lipinski definition) is 4. The monoisotopic (exact) mass is 398 g/mol. The number of hydrogen-bond donors (Lipinski definition) is 3. The number of nitrogens with one attached hydrogen (secondary N) is 2. The first-order chi connectivity index (χ1) is 13.2. The topological polar surface area (TPSA) is 70.6 Å². The molecule has 5 nitrogen and oxygen atoms in total. The van der Waals surface area contributed by atoms with Gasteiger partial charge in [0.1, 0.15) is 11.6 Å². The van der Waals surface area contributed by atoms with E-state index in [4.69, 9.17) is 4.74 Å². The Hall–Kier alpha value is -1.57. The second-order valence-electron chi connectivity index (χ2n) is 8.05. The lowest BCUT2D eigenvalue weighted by Gasteiger charge is -2.36. The molecule has 1 fully saturated rings. The quantitative estimate of drug-likeness (QED) is 0.598. The van der Waals surface area contributed by atoms with E-state index in [9.17, 15) is 18.7 Å². The third-order valence-corrected chi connectivity index (χ3v) is 5.05. The van der Waals surface area contributed by atoms with Crippen molar-refractivity contribution in [3.05, 3.63) is 35.4 Å². The third-order valence-electron chi connectivity index (χ3n) is 5.05. The van der Waals surface area contributed by atoms with Crippen LogP contribution in [-0.2, 0) is 16.0 Å². The fourth-order valence-corrected chi connectivity index (χ4v) is 3.54. The molecular weight excluding hydrogens is 366 g/mol. The first-order valence-electron chi connectivity index (χ1n) is 9.99. The van der Waals surface area contributed by atoms with E-state index in [0.717, 1.165) is 25.5 Å². The molecule has 0 aliphatic carbocycles. The Morgan fingerprint density at radius 3 is 2.50 bits per heavy atom. The number of aliphatic hydroxyl groups excluding tert-OH is 1. The van der Waals surface area contributed by atoms with Gasteiger partial charge in [-0.05, 0) is 49.3 Å². The van der Waals surface area contributed by atoms with Crippen LogP contribution >= 0.6 is 0 Å². The molecule has 1 saturated heterocycles. The lowest BCUT2D eigenvalue weighted by molar-refractivity contribution is -0.120. The first-order valence-corrected chi connectivity index (χ1v) is 9.99. The number of amides is 1. The summed E-state index contributed by atoms with van der Waals surface area (Å²) < 4.78 is 32.8. The van der Waals surface area contributed by atoms with Crippen molar-refractivity contribution in [3.8, 4) is 0 Å². The molecule has 1 aromatic rings. The number of rotatable bonds is 9. The largest absolute Gasteiger partial charge is 0.389 e. The molecule has 158 valence electrons. The Morgan fingerprint density at radius 2 is 1.96 bits per heavy atom. The van der Waals surface area contributed by atoms with Gasteiger partial charge >= 0.3 is 0 Å². The van der Waals surface area contributed by atoms with Crippen molar-refractivity contribution in [2.75, 3.05) is 13.2 Å². The molecule has 3 N–H and O–H groups in total. The number of benzene rings is 1. The molecule has 28 heavy (non-hydrogen) atoms. The van der Waals surface area contributed by atoms with Gasteiger partial charge in [0.25, 0.3) is 0 Å². The summed E-state index contributed by atoms with van der Waals surface area (Å²) in [5, 5.41) is 16.8. The summed E-state index contributed by atoms with van der Waals surface area (Å²) >= 11 is 0. The van der Waals surface area contributed by atoms with E-state index in [-0.39, 0.29) is 24.5 Å². The van der Waals surface area contributed by atoms with Crippen molar-refractivity contribution in [1.82, 2.24) is 10.6 Å². The van der Waals surface area contributed by atoms with Gasteiger partial charge in [-0.25, -0.2) is 8.78 Å². The molecule has 0 radical (unpaired) electrons. The maximum absolute atomic E-state index is 13.5. The smallest absolute Gasteiger partial charge is 0.217 e. The van der Waals surface area contributed by atoms with Crippen LogP contribution in [0.4, 0.5) is 8.78 Å². The Kier molecular flexibility index (Phi) is 8.79. The molecule has 1 aromatic carbocycles. The van der Waals surface area contributed by atoms with Crippen LogP contribution in [0.2, 0.25) is 0 Å². The van der Waals surface area contributed by atoms with Gasteiger partial charge in [0.2, 0.25) is 5.91 Å². The van der Waals surface area contributed by atoms with E-state index in [1.807, 2.05) is 0 Å². The standard InChI is InChI=1S/C21H32F2N2O3/c1-13(2)6-7-28-18-4-5-19(24-12-18)21(27)20(25-14(3)26)10-15-8-16(22)11-17(23)9-15/h8-9,11,13,18-21,24,27H,4-7,10,12H2,1-3H3,(H,25,26)/t18-,19-,20+,21-/m1/s1. The molecule has 0 unspecified atom stereocenters. The Balaban J connectivity index is 1.93. The van der Waals surface area contributed by atoms with Crippen LogP contribution in [-0.4, -0.2) is 48.5 Å². The van der Waals surface area contributed by atoms with Gasteiger partial charge in [-0.2, -0.15) is 0 Å². The van der Waals surface area contributed by atoms with Gasteiger partial charge < -0.3 is 20.5 Å². The van der Waals surface area contributed by atoms with E-state index >= 15 is 0 Å². The van der Waals surface area contributed by atoms with Crippen molar-refractivity contribution >= 4 is 5.91 Å². The lowest BCUT2D eigenvalue weighted by atomic mass is 9.90. The summed E-state index contributed by atoms with van der Waals surface area (Å²) in [5.74, 6) is -1.06. The maximum Gasteiger partial charge on any atom is 0.217 e. The van der Waals surface area contributed by atoms with Gasteiger partial charge in [0.05, 0.1) is 18.2 Å². The fraction of sp³-hybridized carbons (Fsp3) is 0.667. The number of carbonyl (C=O) groups excluding carboxylic acids is 1. The molecule has 1 amide bonds. The van der Waals surface area contributed by atoms with E-state index in [1.54, 1.807) is 0 Å². The molecular formula is C21H32F2N2O3. The van der Waals surface area contributed by atoms with Gasteiger partial charge in [-0.15, -0.1) is 0 Å². The normalized spacial score (nSPS) is 22.1. The van der Waals surface area contributed by atoms with Crippen LogP contribution in [0.1, 0.15) is 45.6 Å². The van der Waals surface area contributed by atoms with Crippen molar-refractivity contribution in [2.24, 2.45) is 5.92 Å². The van der Waals surface area contributed by atoms with Gasteiger partial charge in [0, 0.05) is 32.2 Å². The maximum atomic E-state index is 13.5. The zero-order valence-electron chi connectivity index (χ0n) is 16.9. The second-order valence-corrected chi connectivity index (χ2v) is 8.05. The molecule has 0 saturated carbocycles. The highest BCUT2D eigenvalue weighted by molar-refractivity contribution is 5.73. The Bertz CT molecular complexity index is 614. The number of halogens is 2. The van der Waals surface area contributed by atoms with Crippen LogP contribution in [0.25, 0.3) is 0 Å². The minimum atomic E-state index is -0.883. The van der Waals surface area contributed by atoms with Crippen LogP contribution in [0, 0.1) is 17.6 Å². The van der Waals surface area contributed by atoms with E-state index in [2.05, 4.69) is 24.5 Å². The summed E-state index contributed by atoms with van der Waals surface area (Å²) in [5.41, 5.74) is 0.390. The molecule has 0 bridgehead atoms. The molecule has 1 heterocycles. The van der Waals surface area contributed by atoms with E-state index in [0.29, 0.717) is 24.4 Å². The highest BCUT2D eigenvalue weighted by Crippen LogP contribution is 2.19. The molecule has 1 aliphatic heterocycles. The molecule has 0 aromatic heterocycles. The highest BCUT2D eigenvalue weighted by atomic mass is 19.1. The van der Waals surface area contributed by atoms with Crippen LogP contribution < -0.4 is 10.6 Å². The first kappa shape index (κ1) is 22.7. The highest BCUT2D eigenvalue weighted by Gasteiger charge is 2.32. The Morgan fingerprint density at radius 1 is 1.29 bits per heavy atom. The average molecular weight is 398 g/mol. The molecule has 1 aliphatic rings. The second kappa shape index (κ2) is 10.8. The van der Waals surface area contributed by atoms with Crippen molar-refractivity contribution in [3.63, 3.8) is 0 Å². The summed E-state index contributed by atoms with van der Waals surface area (Å²) in [6, 6.07) is 2.37. The molecule has 2 rings (SSSR count). The van der Waals surface area contributed by atoms with E-state index in [1.165, 1.54) is 19.1 Å². The van der Waals surface area contributed by atoms with Gasteiger partial charge in [-0.3, -0.25) is 4.79 Å². The summed E-state index contributed by atoms with van der Waals surface area (Å²) in [6.45, 7) is 7.01. The van der Waals surface area contributed by atoms with Crippen molar-refractivity contribution < 1.29 is 23.4 Å². The molecule has 4 atom stereocenters. The predicted octanol–water partition coefficient (Wildman–Crippen LogP) is 2.56. The summed E-state index contributed by atoms with van der Waals surface area (Å²) in [6.07, 6.45) is 1.89. The average Bonchev–Trinajstić information content (AvgIpc) is 2.59. The fourth-order valence-electron chi connectivity index (χ4n) is 3.54. The van der Waals surface area contributed by atoms with Gasteiger partial charge in [0.15, 0.2) is 0 Å². The van der Waals surface area contributed by atoms with E-state index < -0.39 is 23.8 Å². The third kappa shape index (κ3) is 7.45. The number of aliphatic hydroxyl groups is 1. The number of carbonyl (C=O) groups is 1. The summed E-state index contributed by atoms with van der Waals surface area (Å²) in [7, 11) is 0. The van der Waals surface area contributed by atoms with Gasteiger partial charge in [-0.1, -0.05) is 13.8 Å².